The average molecular weight is 219 g/mol. The largest absolute Gasteiger partial charge is 0.382 e. The number of fused-ring (bicyclic) bond motifs is 1. The van der Waals surface area contributed by atoms with Crippen molar-refractivity contribution in [3.05, 3.63) is 46.5 Å². The lowest BCUT2D eigenvalue weighted by Gasteiger charge is -2.18. The molecule has 1 aromatic rings. The van der Waals surface area contributed by atoms with Gasteiger partial charge in [0.15, 0.2) is 0 Å². The number of carbonyl (C=O) groups excluding carboxylic acids is 1. The zero-order valence-corrected chi connectivity index (χ0v) is 9.67. The second-order valence-corrected chi connectivity index (χ2v) is 4.75. The third-order valence-electron chi connectivity index (χ3n) is 2.24. The first-order chi connectivity index (χ1) is 7.18. The molecular formula is C12H13NOS. The smallest absolute Gasteiger partial charge is 0.201 e. The van der Waals surface area contributed by atoms with Gasteiger partial charge in [-0.1, -0.05) is 24.3 Å². The van der Waals surface area contributed by atoms with Crippen molar-refractivity contribution in [1.82, 2.24) is 4.90 Å². The van der Waals surface area contributed by atoms with Crippen LogP contribution < -0.4 is 0 Å². The molecule has 2 rings (SSSR count). The van der Waals surface area contributed by atoms with Gasteiger partial charge < -0.3 is 4.90 Å². The first kappa shape index (κ1) is 10.3. The highest BCUT2D eigenvalue weighted by Gasteiger charge is 2.21. The molecule has 0 bridgehead atoms. The number of hydrogen-bond donors (Lipinski definition) is 0. The van der Waals surface area contributed by atoms with Crippen LogP contribution in [0, 0.1) is 0 Å². The average Bonchev–Trinajstić information content (AvgIpc) is 2.22. The molecule has 1 aromatic carbocycles. The molecule has 0 fully saturated rings. The number of nitrogens with zero attached hydrogens (tertiary/aromatic N) is 1. The van der Waals surface area contributed by atoms with E-state index in [-0.39, 0.29) is 5.78 Å². The third-order valence-corrected chi connectivity index (χ3v) is 3.30. The molecule has 1 aliphatic heterocycles. The van der Waals surface area contributed by atoms with Gasteiger partial charge in [-0.15, -0.1) is 11.8 Å². The van der Waals surface area contributed by atoms with Crippen LogP contribution in [0.15, 0.2) is 35.4 Å². The van der Waals surface area contributed by atoms with Gasteiger partial charge >= 0.3 is 0 Å². The third kappa shape index (κ3) is 2.07. The lowest BCUT2D eigenvalue weighted by Crippen LogP contribution is -2.13. The first-order valence-electron chi connectivity index (χ1n) is 4.82. The van der Waals surface area contributed by atoms with Gasteiger partial charge in [0, 0.05) is 31.6 Å². The van der Waals surface area contributed by atoms with Crippen molar-refractivity contribution in [2.75, 3.05) is 14.1 Å². The fourth-order valence-corrected chi connectivity index (χ4v) is 2.64. The molecule has 0 saturated heterocycles. The van der Waals surface area contributed by atoms with Crippen LogP contribution in [0.2, 0.25) is 0 Å². The normalized spacial score (nSPS) is 17.7. The second kappa shape index (κ2) is 4.11. The van der Waals surface area contributed by atoms with Crippen LogP contribution in [0.4, 0.5) is 0 Å². The van der Waals surface area contributed by atoms with Crippen LogP contribution in [0.5, 0.6) is 0 Å². The molecule has 1 heterocycles. The Kier molecular flexibility index (Phi) is 2.82. The lowest BCUT2D eigenvalue weighted by molar-refractivity contribution is 0.104. The molecule has 0 amide bonds. The van der Waals surface area contributed by atoms with Gasteiger partial charge in [0.05, 0.1) is 4.91 Å². The minimum Gasteiger partial charge on any atom is -0.382 e. The Morgan fingerprint density at radius 3 is 2.80 bits per heavy atom. The molecule has 3 heteroatoms. The minimum atomic E-state index is 0.149. The summed E-state index contributed by atoms with van der Waals surface area (Å²) in [6, 6.07) is 7.82. The number of Topliss-reactive ketones (excluding diaryl/α,β-unsaturated/α-hetero) is 1. The van der Waals surface area contributed by atoms with E-state index in [1.54, 1.807) is 11.8 Å². The van der Waals surface area contributed by atoms with Crippen LogP contribution in [-0.4, -0.2) is 24.8 Å². The van der Waals surface area contributed by atoms with E-state index in [2.05, 4.69) is 0 Å². The van der Waals surface area contributed by atoms with Crippen molar-refractivity contribution in [2.45, 2.75) is 5.75 Å². The highest BCUT2D eigenvalue weighted by molar-refractivity contribution is 8.03. The van der Waals surface area contributed by atoms with Gasteiger partial charge in [-0.3, -0.25) is 4.79 Å². The topological polar surface area (TPSA) is 20.3 Å². The molecule has 0 atom stereocenters. The fraction of sp³-hybridized carbons (Fsp3) is 0.250. The summed E-state index contributed by atoms with van der Waals surface area (Å²) in [6.07, 6.45) is 1.89. The van der Waals surface area contributed by atoms with Gasteiger partial charge in [-0.25, -0.2) is 0 Å². The molecule has 78 valence electrons. The van der Waals surface area contributed by atoms with Crippen molar-refractivity contribution in [3.63, 3.8) is 0 Å². The molecule has 0 spiro atoms. The zero-order valence-electron chi connectivity index (χ0n) is 8.86. The second-order valence-electron chi connectivity index (χ2n) is 3.73. The van der Waals surface area contributed by atoms with E-state index in [0.29, 0.717) is 0 Å². The molecule has 15 heavy (non-hydrogen) atoms. The van der Waals surface area contributed by atoms with E-state index in [9.17, 15) is 4.79 Å². The van der Waals surface area contributed by atoms with Crippen LogP contribution >= 0.6 is 11.8 Å². The summed E-state index contributed by atoms with van der Waals surface area (Å²) in [5.74, 6) is 1.04. The SMILES string of the molecule is CN(C)/C=C1\SCc2ccccc2C1=O. The van der Waals surface area contributed by atoms with Crippen LogP contribution in [0.1, 0.15) is 15.9 Å². The van der Waals surface area contributed by atoms with Gasteiger partial charge in [-0.2, -0.15) is 0 Å². The Hall–Kier alpha value is -1.22. The summed E-state index contributed by atoms with van der Waals surface area (Å²) in [7, 11) is 3.86. The fourth-order valence-electron chi connectivity index (χ4n) is 1.55. The molecule has 0 radical (unpaired) electrons. The Labute approximate surface area is 94.0 Å². The first-order valence-corrected chi connectivity index (χ1v) is 5.80. The van der Waals surface area contributed by atoms with Gasteiger partial charge in [0.1, 0.15) is 0 Å². The molecule has 1 aliphatic rings. The highest BCUT2D eigenvalue weighted by Crippen LogP contribution is 2.32. The molecular weight excluding hydrogens is 206 g/mol. The Morgan fingerprint density at radius 2 is 2.07 bits per heavy atom. The number of hydrogen-bond acceptors (Lipinski definition) is 3. The summed E-state index contributed by atoms with van der Waals surface area (Å²) in [5.41, 5.74) is 1.99. The standard InChI is InChI=1S/C12H13NOS/c1-13(2)7-11-12(14)10-6-4-3-5-9(10)8-15-11/h3-7H,8H2,1-2H3/b11-7-. The van der Waals surface area contributed by atoms with Crippen LogP contribution in [-0.2, 0) is 5.75 Å². The van der Waals surface area contributed by atoms with Gasteiger partial charge in [-0.05, 0) is 5.56 Å². The summed E-state index contributed by atoms with van der Waals surface area (Å²) in [4.78, 5) is 14.8. The van der Waals surface area contributed by atoms with Crippen LogP contribution in [0.3, 0.4) is 0 Å². The monoisotopic (exact) mass is 219 g/mol. The predicted molar refractivity (Wildman–Crippen MR) is 63.8 cm³/mol. The predicted octanol–water partition coefficient (Wildman–Crippen LogP) is 2.52. The van der Waals surface area contributed by atoms with Gasteiger partial charge in [0.2, 0.25) is 5.78 Å². The highest BCUT2D eigenvalue weighted by atomic mass is 32.2. The summed E-state index contributed by atoms with van der Waals surface area (Å²) >= 11 is 1.61. The van der Waals surface area contributed by atoms with E-state index in [0.717, 1.165) is 21.8 Å². The maximum atomic E-state index is 12.0. The molecule has 0 N–H and O–H groups in total. The van der Waals surface area contributed by atoms with E-state index in [1.165, 1.54) is 0 Å². The number of rotatable bonds is 1. The van der Waals surface area contributed by atoms with Crippen molar-refractivity contribution in [2.24, 2.45) is 0 Å². The molecule has 2 nitrogen and oxygen atoms in total. The summed E-state index contributed by atoms with van der Waals surface area (Å²) in [5, 5.41) is 0. The van der Waals surface area contributed by atoms with E-state index >= 15 is 0 Å². The van der Waals surface area contributed by atoms with E-state index in [1.807, 2.05) is 49.5 Å². The summed E-state index contributed by atoms with van der Waals surface area (Å²) < 4.78 is 0. The Bertz CT molecular complexity index is 423. The number of thioether (sulfide) groups is 1. The number of benzene rings is 1. The Morgan fingerprint density at radius 1 is 1.33 bits per heavy atom. The maximum absolute atomic E-state index is 12.0. The van der Waals surface area contributed by atoms with Crippen molar-refractivity contribution < 1.29 is 4.79 Å². The molecule has 0 aromatic heterocycles. The van der Waals surface area contributed by atoms with Crippen molar-refractivity contribution >= 4 is 17.5 Å². The number of allylic oxidation sites excluding steroid dienone is 1. The number of carbonyl (C=O) groups is 1. The molecule has 0 saturated carbocycles. The van der Waals surface area contributed by atoms with Crippen molar-refractivity contribution in [3.8, 4) is 0 Å². The van der Waals surface area contributed by atoms with Gasteiger partial charge in [0.25, 0.3) is 0 Å². The molecule has 0 aliphatic carbocycles. The van der Waals surface area contributed by atoms with E-state index < -0.39 is 0 Å². The summed E-state index contributed by atoms with van der Waals surface area (Å²) in [6.45, 7) is 0. The maximum Gasteiger partial charge on any atom is 0.201 e. The van der Waals surface area contributed by atoms with Crippen LogP contribution in [0.25, 0.3) is 0 Å². The quantitative estimate of drug-likeness (QED) is 0.677. The zero-order chi connectivity index (χ0) is 10.8. The minimum absolute atomic E-state index is 0.149. The molecule has 0 unspecified atom stereocenters. The van der Waals surface area contributed by atoms with Crippen molar-refractivity contribution in [1.29, 1.82) is 0 Å². The number of ketones is 1. The lowest BCUT2D eigenvalue weighted by atomic mass is 10.0. The Balaban J connectivity index is 2.38. The van der Waals surface area contributed by atoms with E-state index in [4.69, 9.17) is 0 Å².